The minimum Gasteiger partial charge on any atom is -0.438 e. The number of piperazine rings is 1. The standard InChI is InChI=1S/C15H18N4O/c1-12-2-7-15(18-17-12)20-14-5-3-13(4-6-14)19-10-8-16-9-11-19/h2-7,16H,8-11H2,1H3. The number of nitrogens with one attached hydrogen (secondary N) is 1. The number of anilines is 1. The van der Waals surface area contributed by atoms with Crippen molar-refractivity contribution in [1.82, 2.24) is 15.5 Å². The molecule has 1 aliphatic heterocycles. The first kappa shape index (κ1) is 12.9. The summed E-state index contributed by atoms with van der Waals surface area (Å²) in [6.07, 6.45) is 0. The van der Waals surface area contributed by atoms with Gasteiger partial charge in [0.05, 0.1) is 5.69 Å². The molecule has 1 saturated heterocycles. The normalized spacial score (nSPS) is 15.2. The van der Waals surface area contributed by atoms with Crippen molar-refractivity contribution in [2.45, 2.75) is 6.92 Å². The molecule has 1 aromatic heterocycles. The van der Waals surface area contributed by atoms with E-state index in [9.17, 15) is 0 Å². The van der Waals surface area contributed by atoms with Crippen molar-refractivity contribution >= 4 is 5.69 Å². The van der Waals surface area contributed by atoms with E-state index in [1.54, 1.807) is 0 Å². The fraction of sp³-hybridized carbons (Fsp3) is 0.333. The van der Waals surface area contributed by atoms with Crippen molar-refractivity contribution < 1.29 is 4.74 Å². The molecule has 2 aromatic rings. The Hall–Kier alpha value is -2.14. The molecule has 1 N–H and O–H groups in total. The summed E-state index contributed by atoms with van der Waals surface area (Å²) < 4.78 is 5.67. The highest BCUT2D eigenvalue weighted by Crippen LogP contribution is 2.23. The molecule has 104 valence electrons. The van der Waals surface area contributed by atoms with E-state index in [0.717, 1.165) is 37.6 Å². The molecule has 20 heavy (non-hydrogen) atoms. The summed E-state index contributed by atoms with van der Waals surface area (Å²) in [6.45, 7) is 6.07. The smallest absolute Gasteiger partial charge is 0.238 e. The van der Waals surface area contributed by atoms with Crippen LogP contribution in [0, 0.1) is 6.92 Å². The van der Waals surface area contributed by atoms with Gasteiger partial charge in [0.15, 0.2) is 0 Å². The Kier molecular flexibility index (Phi) is 3.78. The molecule has 0 unspecified atom stereocenters. The van der Waals surface area contributed by atoms with Crippen LogP contribution in [-0.2, 0) is 0 Å². The Balaban J connectivity index is 1.67. The first-order chi connectivity index (χ1) is 9.81. The Morgan fingerprint density at radius 1 is 1.00 bits per heavy atom. The van der Waals surface area contributed by atoms with E-state index in [2.05, 4.69) is 32.5 Å². The molecule has 1 aromatic carbocycles. The monoisotopic (exact) mass is 270 g/mol. The number of aromatic nitrogens is 2. The summed E-state index contributed by atoms with van der Waals surface area (Å²) in [6, 6.07) is 11.8. The van der Waals surface area contributed by atoms with Crippen LogP contribution >= 0.6 is 0 Å². The summed E-state index contributed by atoms with van der Waals surface area (Å²) in [4.78, 5) is 2.37. The van der Waals surface area contributed by atoms with Crippen molar-refractivity contribution in [1.29, 1.82) is 0 Å². The maximum absolute atomic E-state index is 5.67. The molecule has 5 nitrogen and oxygen atoms in total. The van der Waals surface area contributed by atoms with Gasteiger partial charge in [-0.05, 0) is 37.3 Å². The van der Waals surface area contributed by atoms with Crippen molar-refractivity contribution in [2.24, 2.45) is 0 Å². The van der Waals surface area contributed by atoms with Crippen LogP contribution in [0.4, 0.5) is 5.69 Å². The largest absolute Gasteiger partial charge is 0.438 e. The maximum atomic E-state index is 5.67. The number of rotatable bonds is 3. The van der Waals surface area contributed by atoms with Crippen LogP contribution in [-0.4, -0.2) is 36.4 Å². The van der Waals surface area contributed by atoms with Gasteiger partial charge < -0.3 is 15.0 Å². The van der Waals surface area contributed by atoms with Gasteiger partial charge in [-0.2, -0.15) is 5.10 Å². The fourth-order valence-electron chi connectivity index (χ4n) is 2.21. The van der Waals surface area contributed by atoms with Crippen molar-refractivity contribution in [2.75, 3.05) is 31.1 Å². The van der Waals surface area contributed by atoms with Gasteiger partial charge in [-0.1, -0.05) is 0 Å². The molecule has 0 amide bonds. The van der Waals surface area contributed by atoms with E-state index in [1.807, 2.05) is 31.2 Å². The second-order valence-corrected chi connectivity index (χ2v) is 4.85. The molecule has 0 aliphatic carbocycles. The molecule has 1 aliphatic rings. The summed E-state index contributed by atoms with van der Waals surface area (Å²) >= 11 is 0. The summed E-state index contributed by atoms with van der Waals surface area (Å²) in [5.74, 6) is 1.30. The summed E-state index contributed by atoms with van der Waals surface area (Å²) in [7, 11) is 0. The maximum Gasteiger partial charge on any atom is 0.238 e. The molecular weight excluding hydrogens is 252 g/mol. The molecule has 1 fully saturated rings. The highest BCUT2D eigenvalue weighted by atomic mass is 16.5. The Bertz CT molecular complexity index is 547. The second-order valence-electron chi connectivity index (χ2n) is 4.85. The third-order valence-electron chi connectivity index (χ3n) is 3.31. The van der Waals surface area contributed by atoms with Crippen LogP contribution in [0.25, 0.3) is 0 Å². The van der Waals surface area contributed by atoms with Crippen molar-refractivity contribution in [3.63, 3.8) is 0 Å². The minimum absolute atomic E-state index is 0.519. The van der Waals surface area contributed by atoms with E-state index >= 15 is 0 Å². The topological polar surface area (TPSA) is 50.3 Å². The first-order valence-corrected chi connectivity index (χ1v) is 6.85. The predicted molar refractivity (Wildman–Crippen MR) is 78.4 cm³/mol. The Morgan fingerprint density at radius 2 is 1.75 bits per heavy atom. The minimum atomic E-state index is 0.519. The quantitative estimate of drug-likeness (QED) is 0.924. The van der Waals surface area contributed by atoms with Gasteiger partial charge in [-0.3, -0.25) is 0 Å². The first-order valence-electron chi connectivity index (χ1n) is 6.85. The number of hydrogen-bond acceptors (Lipinski definition) is 5. The third-order valence-corrected chi connectivity index (χ3v) is 3.31. The Morgan fingerprint density at radius 3 is 2.40 bits per heavy atom. The Labute approximate surface area is 118 Å². The number of hydrogen-bond donors (Lipinski definition) is 1. The zero-order valence-electron chi connectivity index (χ0n) is 11.5. The molecule has 0 radical (unpaired) electrons. The van der Waals surface area contributed by atoms with Gasteiger partial charge in [0.2, 0.25) is 5.88 Å². The average Bonchev–Trinajstić information content (AvgIpc) is 2.51. The van der Waals surface area contributed by atoms with Crippen molar-refractivity contribution in [3.05, 3.63) is 42.1 Å². The average molecular weight is 270 g/mol. The van der Waals surface area contributed by atoms with Gasteiger partial charge in [0.1, 0.15) is 5.75 Å². The fourth-order valence-corrected chi connectivity index (χ4v) is 2.21. The molecule has 0 atom stereocenters. The molecule has 0 bridgehead atoms. The lowest BCUT2D eigenvalue weighted by Gasteiger charge is -2.29. The van der Waals surface area contributed by atoms with Crippen LogP contribution < -0.4 is 15.0 Å². The van der Waals surface area contributed by atoms with Gasteiger partial charge in [0, 0.05) is 37.9 Å². The predicted octanol–water partition coefficient (Wildman–Crippen LogP) is 1.99. The number of ether oxygens (including phenoxy) is 1. The van der Waals surface area contributed by atoms with E-state index in [4.69, 9.17) is 4.74 Å². The van der Waals surface area contributed by atoms with Gasteiger partial charge >= 0.3 is 0 Å². The number of nitrogens with zero attached hydrogens (tertiary/aromatic N) is 3. The van der Waals surface area contributed by atoms with Gasteiger partial charge in [-0.15, -0.1) is 5.10 Å². The highest BCUT2D eigenvalue weighted by Gasteiger charge is 2.10. The SMILES string of the molecule is Cc1ccc(Oc2ccc(N3CCNCC3)cc2)nn1. The third kappa shape index (κ3) is 3.05. The summed E-state index contributed by atoms with van der Waals surface area (Å²) in [5.41, 5.74) is 2.11. The lowest BCUT2D eigenvalue weighted by Crippen LogP contribution is -2.43. The van der Waals surface area contributed by atoms with E-state index in [-0.39, 0.29) is 0 Å². The zero-order chi connectivity index (χ0) is 13.8. The van der Waals surface area contributed by atoms with Crippen LogP contribution in [0.1, 0.15) is 5.69 Å². The van der Waals surface area contributed by atoms with Gasteiger partial charge in [-0.25, -0.2) is 0 Å². The molecule has 2 heterocycles. The van der Waals surface area contributed by atoms with E-state index in [0.29, 0.717) is 5.88 Å². The number of benzene rings is 1. The lowest BCUT2D eigenvalue weighted by molar-refractivity contribution is 0.454. The van der Waals surface area contributed by atoms with Crippen LogP contribution in [0.3, 0.4) is 0 Å². The second kappa shape index (κ2) is 5.88. The molecule has 0 saturated carbocycles. The lowest BCUT2D eigenvalue weighted by atomic mass is 10.2. The highest BCUT2D eigenvalue weighted by molar-refractivity contribution is 5.49. The zero-order valence-corrected chi connectivity index (χ0v) is 11.5. The molecular formula is C15H18N4O. The van der Waals surface area contributed by atoms with E-state index < -0.39 is 0 Å². The van der Waals surface area contributed by atoms with Crippen LogP contribution in [0.5, 0.6) is 11.6 Å². The van der Waals surface area contributed by atoms with Gasteiger partial charge in [0.25, 0.3) is 0 Å². The molecule has 5 heteroatoms. The van der Waals surface area contributed by atoms with Crippen molar-refractivity contribution in [3.8, 4) is 11.6 Å². The van der Waals surface area contributed by atoms with Crippen LogP contribution in [0.2, 0.25) is 0 Å². The van der Waals surface area contributed by atoms with Crippen LogP contribution in [0.15, 0.2) is 36.4 Å². The summed E-state index contributed by atoms with van der Waals surface area (Å²) in [5, 5.41) is 11.3. The van der Waals surface area contributed by atoms with E-state index in [1.165, 1.54) is 5.69 Å². The number of aryl methyl sites for hydroxylation is 1. The molecule has 3 rings (SSSR count). The molecule has 0 spiro atoms.